The van der Waals surface area contributed by atoms with Crippen LogP contribution in [0.4, 0.5) is 13.2 Å². The van der Waals surface area contributed by atoms with Crippen LogP contribution in [0, 0.1) is 17.5 Å². The van der Waals surface area contributed by atoms with Gasteiger partial charge < -0.3 is 0 Å². The second-order valence-corrected chi connectivity index (χ2v) is 6.15. The van der Waals surface area contributed by atoms with Crippen molar-refractivity contribution in [2.24, 2.45) is 0 Å². The van der Waals surface area contributed by atoms with Crippen molar-refractivity contribution in [2.45, 2.75) is 37.4 Å². The maximum Gasteiger partial charge on any atom is 0.194 e. The molecule has 1 aromatic carbocycles. The third-order valence-electron chi connectivity index (χ3n) is 2.56. The summed E-state index contributed by atoms with van der Waals surface area (Å²) in [7, 11) is 0. The Bertz CT molecular complexity index is 386. The van der Waals surface area contributed by atoms with E-state index in [4.69, 9.17) is 0 Å². The van der Waals surface area contributed by atoms with E-state index in [-0.39, 0.29) is 10.4 Å². The molecule has 0 aliphatic carbocycles. The smallest absolute Gasteiger partial charge is 0.194 e. The lowest BCUT2D eigenvalue weighted by atomic mass is 9.80. The Balaban J connectivity index is 3.18. The molecule has 0 radical (unpaired) electrons. The van der Waals surface area contributed by atoms with E-state index in [1.807, 2.05) is 6.92 Å². The highest BCUT2D eigenvalue weighted by Crippen LogP contribution is 2.33. The summed E-state index contributed by atoms with van der Waals surface area (Å²) in [6, 6.07) is 2.28. The van der Waals surface area contributed by atoms with Crippen molar-refractivity contribution in [2.75, 3.05) is 0 Å². The molecule has 0 nitrogen and oxygen atoms in total. The van der Waals surface area contributed by atoms with Gasteiger partial charge in [0.15, 0.2) is 17.5 Å². The summed E-state index contributed by atoms with van der Waals surface area (Å²) in [6.45, 7) is 5.54. The van der Waals surface area contributed by atoms with E-state index >= 15 is 0 Å². The fourth-order valence-corrected chi connectivity index (χ4v) is 2.67. The molecule has 0 aliphatic heterocycles. The van der Waals surface area contributed by atoms with Crippen LogP contribution in [0.3, 0.4) is 0 Å². The molecular weight excluding hydrogens is 281 g/mol. The number of rotatable bonds is 3. The normalized spacial score (nSPS) is 13.9. The molecule has 1 rings (SSSR count). The molecule has 0 amide bonds. The van der Waals surface area contributed by atoms with Gasteiger partial charge in [-0.25, -0.2) is 13.2 Å². The van der Waals surface area contributed by atoms with Crippen molar-refractivity contribution in [1.29, 1.82) is 0 Å². The first-order valence-electron chi connectivity index (χ1n) is 5.04. The van der Waals surface area contributed by atoms with Crippen LogP contribution in [0.1, 0.15) is 32.8 Å². The average Bonchev–Trinajstić information content (AvgIpc) is 2.11. The summed E-state index contributed by atoms with van der Waals surface area (Å²) in [5.41, 5.74) is -0.334. The van der Waals surface area contributed by atoms with Gasteiger partial charge in [0, 0.05) is 4.83 Å². The van der Waals surface area contributed by atoms with Crippen LogP contribution in [0.25, 0.3) is 0 Å². The first kappa shape index (κ1) is 13.6. The summed E-state index contributed by atoms with van der Waals surface area (Å²) in [5, 5.41) is 0. The van der Waals surface area contributed by atoms with Crippen molar-refractivity contribution in [3.8, 4) is 0 Å². The molecule has 1 atom stereocenters. The van der Waals surface area contributed by atoms with E-state index in [1.54, 1.807) is 13.8 Å². The lowest BCUT2D eigenvalue weighted by molar-refractivity contribution is 0.403. The van der Waals surface area contributed by atoms with Crippen LogP contribution in [0.15, 0.2) is 12.1 Å². The fraction of sp³-hybridized carbons (Fsp3) is 0.500. The average molecular weight is 295 g/mol. The van der Waals surface area contributed by atoms with Gasteiger partial charge in [-0.1, -0.05) is 42.8 Å². The molecule has 90 valence electrons. The van der Waals surface area contributed by atoms with Gasteiger partial charge in [-0.2, -0.15) is 0 Å². The standard InChI is InChI=1S/C12H14BrF3/c1-7(13)6-12(2,3)8-4-5-9(14)11(16)10(8)15/h4-5,7H,6H2,1-3H3. The third-order valence-corrected chi connectivity index (χ3v) is 2.88. The van der Waals surface area contributed by atoms with Crippen molar-refractivity contribution < 1.29 is 13.2 Å². The molecule has 0 saturated carbocycles. The van der Waals surface area contributed by atoms with Gasteiger partial charge in [-0.3, -0.25) is 0 Å². The molecule has 0 aliphatic rings. The number of halogens is 4. The zero-order valence-corrected chi connectivity index (χ0v) is 11.0. The van der Waals surface area contributed by atoms with Crippen molar-refractivity contribution >= 4 is 15.9 Å². The number of benzene rings is 1. The zero-order valence-electron chi connectivity index (χ0n) is 9.45. The van der Waals surface area contributed by atoms with E-state index in [0.29, 0.717) is 6.42 Å². The molecule has 4 heteroatoms. The minimum atomic E-state index is -1.40. The van der Waals surface area contributed by atoms with Gasteiger partial charge >= 0.3 is 0 Å². The summed E-state index contributed by atoms with van der Waals surface area (Å²) >= 11 is 3.37. The topological polar surface area (TPSA) is 0 Å². The van der Waals surface area contributed by atoms with Gasteiger partial charge in [0.25, 0.3) is 0 Å². The van der Waals surface area contributed by atoms with Crippen LogP contribution < -0.4 is 0 Å². The van der Waals surface area contributed by atoms with Gasteiger partial charge in [-0.05, 0) is 23.5 Å². The Morgan fingerprint density at radius 1 is 1.19 bits per heavy atom. The van der Waals surface area contributed by atoms with E-state index in [9.17, 15) is 13.2 Å². The Kier molecular flexibility index (Phi) is 4.05. The molecule has 1 aromatic rings. The highest BCUT2D eigenvalue weighted by Gasteiger charge is 2.28. The molecule has 0 bridgehead atoms. The first-order valence-corrected chi connectivity index (χ1v) is 5.95. The Hall–Kier alpha value is -0.510. The lowest BCUT2D eigenvalue weighted by Crippen LogP contribution is -2.23. The second-order valence-electron chi connectivity index (χ2n) is 4.59. The number of alkyl halides is 1. The molecule has 0 N–H and O–H groups in total. The van der Waals surface area contributed by atoms with Crippen molar-refractivity contribution in [3.05, 3.63) is 35.1 Å². The van der Waals surface area contributed by atoms with Gasteiger partial charge in [0.05, 0.1) is 0 Å². The summed E-state index contributed by atoms with van der Waals surface area (Å²) in [6.07, 6.45) is 0.634. The van der Waals surface area contributed by atoms with Crippen LogP contribution in [0.5, 0.6) is 0 Å². The molecular formula is C12H14BrF3. The van der Waals surface area contributed by atoms with Crippen LogP contribution in [-0.4, -0.2) is 4.83 Å². The van der Waals surface area contributed by atoms with Gasteiger partial charge in [0.1, 0.15) is 0 Å². The minimum absolute atomic E-state index is 0.176. The Morgan fingerprint density at radius 2 is 1.75 bits per heavy atom. The lowest BCUT2D eigenvalue weighted by Gasteiger charge is -2.27. The number of hydrogen-bond acceptors (Lipinski definition) is 0. The molecule has 0 saturated heterocycles. The summed E-state index contributed by atoms with van der Waals surface area (Å²) in [5.74, 6) is -3.63. The Morgan fingerprint density at radius 3 is 2.25 bits per heavy atom. The number of hydrogen-bond donors (Lipinski definition) is 0. The fourth-order valence-electron chi connectivity index (χ4n) is 1.86. The third kappa shape index (κ3) is 2.78. The molecule has 1 unspecified atom stereocenters. The first-order chi connectivity index (χ1) is 7.25. The van der Waals surface area contributed by atoms with Gasteiger partial charge in [0.2, 0.25) is 0 Å². The van der Waals surface area contributed by atoms with Crippen molar-refractivity contribution in [3.63, 3.8) is 0 Å². The quantitative estimate of drug-likeness (QED) is 0.566. The minimum Gasteiger partial charge on any atom is -0.204 e. The highest BCUT2D eigenvalue weighted by atomic mass is 79.9. The maximum absolute atomic E-state index is 13.6. The Labute approximate surface area is 102 Å². The zero-order chi connectivity index (χ0) is 12.5. The summed E-state index contributed by atoms with van der Waals surface area (Å²) < 4.78 is 39.5. The van der Waals surface area contributed by atoms with Gasteiger partial charge in [-0.15, -0.1) is 0 Å². The van der Waals surface area contributed by atoms with Crippen LogP contribution >= 0.6 is 15.9 Å². The molecule has 0 spiro atoms. The predicted octanol–water partition coefficient (Wildman–Crippen LogP) is 4.56. The highest BCUT2D eigenvalue weighted by molar-refractivity contribution is 9.09. The van der Waals surface area contributed by atoms with Crippen LogP contribution in [0.2, 0.25) is 0 Å². The van der Waals surface area contributed by atoms with E-state index in [1.165, 1.54) is 6.07 Å². The molecule has 16 heavy (non-hydrogen) atoms. The van der Waals surface area contributed by atoms with E-state index in [0.717, 1.165) is 6.07 Å². The van der Waals surface area contributed by atoms with E-state index < -0.39 is 22.9 Å². The maximum atomic E-state index is 13.6. The molecule has 0 aromatic heterocycles. The van der Waals surface area contributed by atoms with E-state index in [2.05, 4.69) is 15.9 Å². The van der Waals surface area contributed by atoms with Crippen LogP contribution in [-0.2, 0) is 5.41 Å². The van der Waals surface area contributed by atoms with Crippen molar-refractivity contribution in [1.82, 2.24) is 0 Å². The molecule has 0 heterocycles. The predicted molar refractivity (Wildman–Crippen MR) is 62.3 cm³/mol. The second kappa shape index (κ2) is 4.78. The largest absolute Gasteiger partial charge is 0.204 e. The monoisotopic (exact) mass is 294 g/mol. The summed E-state index contributed by atoms with van der Waals surface area (Å²) in [4.78, 5) is 0.176. The molecule has 0 fully saturated rings. The SMILES string of the molecule is CC(Br)CC(C)(C)c1ccc(F)c(F)c1F.